The SMILES string of the molecule is Cc1cc(C)n(CCCN=C2NC(C(C)C)CS2)n1. The first-order chi connectivity index (χ1) is 9.06. The molecular formula is C14H24N4S. The first kappa shape index (κ1) is 14.4. The number of aryl methyl sites for hydroxylation is 3. The van der Waals surface area contributed by atoms with Crippen molar-refractivity contribution in [1.29, 1.82) is 0 Å². The van der Waals surface area contributed by atoms with Crippen LogP contribution in [0, 0.1) is 19.8 Å². The molecule has 1 fully saturated rings. The third-order valence-electron chi connectivity index (χ3n) is 3.40. The van der Waals surface area contributed by atoms with Crippen molar-refractivity contribution in [1.82, 2.24) is 15.1 Å². The van der Waals surface area contributed by atoms with Crippen LogP contribution in [0.1, 0.15) is 31.7 Å². The molecule has 1 aliphatic heterocycles. The summed E-state index contributed by atoms with van der Waals surface area (Å²) in [6.07, 6.45) is 1.04. The lowest BCUT2D eigenvalue weighted by atomic mass is 10.1. The van der Waals surface area contributed by atoms with Crippen LogP contribution in [-0.4, -0.2) is 33.3 Å². The minimum Gasteiger partial charge on any atom is -0.361 e. The maximum atomic E-state index is 4.63. The molecule has 0 aromatic carbocycles. The topological polar surface area (TPSA) is 42.2 Å². The monoisotopic (exact) mass is 280 g/mol. The van der Waals surface area contributed by atoms with Crippen molar-refractivity contribution in [3.63, 3.8) is 0 Å². The molecule has 1 aromatic heterocycles. The van der Waals surface area contributed by atoms with E-state index in [-0.39, 0.29) is 0 Å². The lowest BCUT2D eigenvalue weighted by molar-refractivity contribution is 0.502. The van der Waals surface area contributed by atoms with E-state index in [1.54, 1.807) is 0 Å². The van der Waals surface area contributed by atoms with Gasteiger partial charge in [-0.15, -0.1) is 0 Å². The molecule has 0 aliphatic carbocycles. The molecule has 1 atom stereocenters. The van der Waals surface area contributed by atoms with Gasteiger partial charge in [0.15, 0.2) is 5.17 Å². The van der Waals surface area contributed by atoms with Crippen molar-refractivity contribution < 1.29 is 0 Å². The molecule has 1 aliphatic rings. The largest absolute Gasteiger partial charge is 0.361 e. The molecule has 0 bridgehead atoms. The van der Waals surface area contributed by atoms with Crippen LogP contribution in [0.25, 0.3) is 0 Å². The highest BCUT2D eigenvalue weighted by molar-refractivity contribution is 8.14. The van der Waals surface area contributed by atoms with Crippen LogP contribution in [-0.2, 0) is 6.54 Å². The van der Waals surface area contributed by atoms with Gasteiger partial charge in [-0.3, -0.25) is 9.67 Å². The number of thioether (sulfide) groups is 1. The Kier molecular flexibility index (Phi) is 4.91. The second-order valence-corrected chi connectivity index (χ2v) is 6.51. The van der Waals surface area contributed by atoms with Gasteiger partial charge in [-0.25, -0.2) is 0 Å². The molecule has 1 saturated heterocycles. The Labute approximate surface area is 120 Å². The number of rotatable bonds is 5. The Bertz CT molecular complexity index is 450. The quantitative estimate of drug-likeness (QED) is 0.843. The summed E-state index contributed by atoms with van der Waals surface area (Å²) in [5.41, 5.74) is 2.33. The number of nitrogens with one attached hydrogen (secondary N) is 1. The Morgan fingerprint density at radius 1 is 1.53 bits per heavy atom. The Hall–Kier alpha value is -0.970. The Balaban J connectivity index is 1.74. The first-order valence-electron chi connectivity index (χ1n) is 7.01. The summed E-state index contributed by atoms with van der Waals surface area (Å²) in [5.74, 6) is 1.82. The molecule has 2 rings (SSSR count). The van der Waals surface area contributed by atoms with Crippen LogP contribution in [0.5, 0.6) is 0 Å². The van der Waals surface area contributed by atoms with Gasteiger partial charge in [0.25, 0.3) is 0 Å². The van der Waals surface area contributed by atoms with E-state index < -0.39 is 0 Å². The van der Waals surface area contributed by atoms with Gasteiger partial charge in [0.1, 0.15) is 0 Å². The van der Waals surface area contributed by atoms with E-state index in [0.29, 0.717) is 12.0 Å². The maximum Gasteiger partial charge on any atom is 0.156 e. The highest BCUT2D eigenvalue weighted by Crippen LogP contribution is 2.18. The Morgan fingerprint density at radius 2 is 2.32 bits per heavy atom. The fraction of sp³-hybridized carbons (Fsp3) is 0.714. The molecule has 5 heteroatoms. The van der Waals surface area contributed by atoms with Crippen molar-refractivity contribution in [3.8, 4) is 0 Å². The summed E-state index contributed by atoms with van der Waals surface area (Å²) in [6, 6.07) is 2.70. The number of aromatic nitrogens is 2. The summed E-state index contributed by atoms with van der Waals surface area (Å²) in [4.78, 5) is 4.63. The van der Waals surface area contributed by atoms with Crippen LogP contribution < -0.4 is 5.32 Å². The lowest BCUT2D eigenvalue weighted by Crippen LogP contribution is -2.31. The van der Waals surface area contributed by atoms with Crippen LogP contribution in [0.2, 0.25) is 0 Å². The van der Waals surface area contributed by atoms with Crippen molar-refractivity contribution >= 4 is 16.9 Å². The Morgan fingerprint density at radius 3 is 2.89 bits per heavy atom. The zero-order valence-corrected chi connectivity index (χ0v) is 13.1. The number of nitrogens with zero attached hydrogens (tertiary/aromatic N) is 3. The third-order valence-corrected chi connectivity index (χ3v) is 4.45. The molecule has 1 unspecified atom stereocenters. The van der Waals surface area contributed by atoms with Crippen molar-refractivity contribution in [2.24, 2.45) is 10.9 Å². The molecule has 2 heterocycles. The molecule has 106 valence electrons. The fourth-order valence-electron chi connectivity index (χ4n) is 2.16. The van der Waals surface area contributed by atoms with E-state index in [9.17, 15) is 0 Å². The first-order valence-corrected chi connectivity index (χ1v) is 7.99. The minimum absolute atomic E-state index is 0.583. The zero-order valence-electron chi connectivity index (χ0n) is 12.3. The average Bonchev–Trinajstić information content (AvgIpc) is 2.92. The second-order valence-electron chi connectivity index (χ2n) is 5.50. The minimum atomic E-state index is 0.583. The highest BCUT2D eigenvalue weighted by Gasteiger charge is 2.22. The molecule has 0 spiro atoms. The van der Waals surface area contributed by atoms with Crippen molar-refractivity contribution in [2.75, 3.05) is 12.3 Å². The van der Waals surface area contributed by atoms with E-state index in [1.807, 2.05) is 18.7 Å². The van der Waals surface area contributed by atoms with Crippen molar-refractivity contribution in [3.05, 3.63) is 17.5 Å². The average molecular weight is 280 g/mol. The summed E-state index contributed by atoms with van der Waals surface area (Å²) >= 11 is 1.85. The smallest absolute Gasteiger partial charge is 0.156 e. The van der Waals surface area contributed by atoms with Gasteiger partial charge in [0.2, 0.25) is 0 Å². The molecule has 1 N–H and O–H groups in total. The van der Waals surface area contributed by atoms with E-state index >= 15 is 0 Å². The zero-order chi connectivity index (χ0) is 13.8. The van der Waals surface area contributed by atoms with Gasteiger partial charge in [0.05, 0.1) is 5.69 Å². The summed E-state index contributed by atoms with van der Waals surface area (Å²) in [5, 5.41) is 9.07. The van der Waals surface area contributed by atoms with E-state index in [2.05, 4.69) is 46.9 Å². The van der Waals surface area contributed by atoms with E-state index in [0.717, 1.165) is 36.1 Å². The van der Waals surface area contributed by atoms with E-state index in [4.69, 9.17) is 0 Å². The molecule has 19 heavy (non-hydrogen) atoms. The number of hydrogen-bond acceptors (Lipinski definition) is 3. The van der Waals surface area contributed by atoms with Gasteiger partial charge in [0, 0.05) is 30.6 Å². The van der Waals surface area contributed by atoms with Crippen LogP contribution >= 0.6 is 11.8 Å². The maximum absolute atomic E-state index is 4.63. The molecule has 0 amide bonds. The second kappa shape index (κ2) is 6.46. The standard InChI is InChI=1S/C14H24N4S/c1-10(2)13-9-19-14(16-13)15-6-5-7-18-12(4)8-11(3)17-18/h8,10,13H,5-7,9H2,1-4H3,(H,15,16). The van der Waals surface area contributed by atoms with Crippen LogP contribution in [0.3, 0.4) is 0 Å². The third kappa shape index (κ3) is 4.00. The van der Waals surface area contributed by atoms with Gasteiger partial charge in [-0.2, -0.15) is 5.10 Å². The predicted octanol–water partition coefficient (Wildman–Crippen LogP) is 2.61. The summed E-state index contributed by atoms with van der Waals surface area (Å²) in [7, 11) is 0. The molecule has 1 aromatic rings. The van der Waals surface area contributed by atoms with Crippen LogP contribution in [0.4, 0.5) is 0 Å². The fourth-order valence-corrected chi connectivity index (χ4v) is 3.39. The van der Waals surface area contributed by atoms with Crippen LogP contribution in [0.15, 0.2) is 11.1 Å². The molecule has 0 saturated carbocycles. The number of aliphatic imine (C=N–C) groups is 1. The predicted molar refractivity (Wildman–Crippen MR) is 82.8 cm³/mol. The van der Waals surface area contributed by atoms with Gasteiger partial charge >= 0.3 is 0 Å². The highest BCUT2D eigenvalue weighted by atomic mass is 32.2. The van der Waals surface area contributed by atoms with Gasteiger partial charge in [-0.1, -0.05) is 25.6 Å². The van der Waals surface area contributed by atoms with Gasteiger partial charge < -0.3 is 5.32 Å². The lowest BCUT2D eigenvalue weighted by Gasteiger charge is -2.13. The molecule has 4 nitrogen and oxygen atoms in total. The molecule has 0 radical (unpaired) electrons. The number of hydrogen-bond donors (Lipinski definition) is 1. The summed E-state index contributed by atoms with van der Waals surface area (Å²) in [6.45, 7) is 10.5. The molecular weight excluding hydrogens is 256 g/mol. The normalized spacial score (nSPS) is 21.3. The van der Waals surface area contributed by atoms with E-state index in [1.165, 1.54) is 5.69 Å². The van der Waals surface area contributed by atoms with Gasteiger partial charge in [-0.05, 0) is 32.3 Å². The summed E-state index contributed by atoms with van der Waals surface area (Å²) < 4.78 is 2.07. The number of amidine groups is 1. The van der Waals surface area contributed by atoms with Crippen molar-refractivity contribution in [2.45, 2.75) is 46.7 Å².